The van der Waals surface area contributed by atoms with Crippen molar-refractivity contribution in [3.63, 3.8) is 0 Å². The molecular weight excluding hydrogens is 396 g/mol. The first kappa shape index (κ1) is 24.3. The van der Waals surface area contributed by atoms with Crippen LogP contribution in [0.1, 0.15) is 31.9 Å². The van der Waals surface area contributed by atoms with E-state index in [2.05, 4.69) is 0 Å². The van der Waals surface area contributed by atoms with Gasteiger partial charge in [-0.15, -0.1) is 0 Å². The quantitative estimate of drug-likeness (QED) is 0.457. The van der Waals surface area contributed by atoms with Gasteiger partial charge in [-0.3, -0.25) is 0 Å². The lowest BCUT2D eigenvalue weighted by Gasteiger charge is -2.15. The van der Waals surface area contributed by atoms with E-state index < -0.39 is 6.10 Å². The molecule has 0 radical (unpaired) electrons. The molecule has 0 saturated carbocycles. The highest BCUT2D eigenvalue weighted by molar-refractivity contribution is 5.75. The zero-order valence-electron chi connectivity index (χ0n) is 19.0. The van der Waals surface area contributed by atoms with E-state index in [4.69, 9.17) is 23.7 Å². The Labute approximate surface area is 184 Å². The number of esters is 1. The van der Waals surface area contributed by atoms with Gasteiger partial charge >= 0.3 is 5.97 Å². The number of allylic oxidation sites excluding steroid dienone is 1. The van der Waals surface area contributed by atoms with Gasteiger partial charge in [-0.1, -0.05) is 12.1 Å². The second-order valence-electron chi connectivity index (χ2n) is 6.84. The number of hydrogen-bond acceptors (Lipinski definition) is 6. The van der Waals surface area contributed by atoms with Crippen LogP contribution in [0.4, 0.5) is 0 Å². The summed E-state index contributed by atoms with van der Waals surface area (Å²) in [6.45, 7) is 6.88. The summed E-state index contributed by atoms with van der Waals surface area (Å²) < 4.78 is 27.1. The number of benzene rings is 2. The molecule has 0 bridgehead atoms. The molecule has 168 valence electrons. The minimum atomic E-state index is -0.595. The number of hydrogen-bond donors (Lipinski definition) is 0. The molecule has 0 aromatic heterocycles. The summed E-state index contributed by atoms with van der Waals surface area (Å²) >= 11 is 0. The largest absolute Gasteiger partial charge is 0.497 e. The van der Waals surface area contributed by atoms with Crippen molar-refractivity contribution in [2.45, 2.75) is 33.3 Å². The molecule has 2 aromatic carbocycles. The molecule has 0 heterocycles. The monoisotopic (exact) mass is 428 g/mol. The molecule has 0 saturated heterocycles. The lowest BCUT2D eigenvalue weighted by atomic mass is 10.1. The van der Waals surface area contributed by atoms with Gasteiger partial charge in [-0.2, -0.15) is 0 Å². The Morgan fingerprint density at radius 3 is 2.13 bits per heavy atom. The van der Waals surface area contributed by atoms with Gasteiger partial charge in [0.15, 0.2) is 6.10 Å². The van der Waals surface area contributed by atoms with Crippen LogP contribution in [0.5, 0.6) is 17.2 Å². The van der Waals surface area contributed by atoms with Gasteiger partial charge in [-0.25, -0.2) is 4.79 Å². The molecule has 6 heteroatoms. The normalized spacial score (nSPS) is 12.2. The van der Waals surface area contributed by atoms with Crippen LogP contribution in [0.25, 0.3) is 5.57 Å². The minimum absolute atomic E-state index is 0.334. The highest BCUT2D eigenvalue weighted by atomic mass is 16.6. The molecule has 1 atom stereocenters. The number of carbonyl (C=O) groups excluding carboxylic acids is 1. The number of methoxy groups -OCH3 is 2. The van der Waals surface area contributed by atoms with Crippen LogP contribution >= 0.6 is 0 Å². The first-order valence-electron chi connectivity index (χ1n) is 10.4. The van der Waals surface area contributed by atoms with Gasteiger partial charge in [0.1, 0.15) is 23.9 Å². The average molecular weight is 429 g/mol. The van der Waals surface area contributed by atoms with Crippen LogP contribution in [0.15, 0.2) is 48.5 Å². The van der Waals surface area contributed by atoms with Crippen LogP contribution < -0.4 is 14.2 Å². The van der Waals surface area contributed by atoms with Gasteiger partial charge in [0.25, 0.3) is 0 Å². The molecule has 31 heavy (non-hydrogen) atoms. The summed E-state index contributed by atoms with van der Waals surface area (Å²) in [6.07, 6.45) is 1.87. The fourth-order valence-electron chi connectivity index (χ4n) is 3.00. The van der Waals surface area contributed by atoms with E-state index in [-0.39, 0.29) is 5.97 Å². The van der Waals surface area contributed by atoms with Crippen LogP contribution in [0.3, 0.4) is 0 Å². The number of carbonyl (C=O) groups is 1. The van der Waals surface area contributed by atoms with Crippen molar-refractivity contribution in [1.82, 2.24) is 0 Å². The van der Waals surface area contributed by atoms with Gasteiger partial charge in [0.05, 0.1) is 20.8 Å². The first-order chi connectivity index (χ1) is 15.0. The van der Waals surface area contributed by atoms with E-state index >= 15 is 0 Å². The second kappa shape index (κ2) is 12.6. The Morgan fingerprint density at radius 1 is 0.935 bits per heavy atom. The van der Waals surface area contributed by atoms with Gasteiger partial charge in [0, 0.05) is 19.1 Å². The highest BCUT2D eigenvalue weighted by Crippen LogP contribution is 2.27. The zero-order chi connectivity index (χ0) is 22.6. The fraction of sp³-hybridized carbons (Fsp3) is 0.400. The van der Waals surface area contributed by atoms with Gasteiger partial charge in [-0.05, 0) is 67.8 Å². The molecule has 6 nitrogen and oxygen atoms in total. The van der Waals surface area contributed by atoms with E-state index in [0.29, 0.717) is 26.2 Å². The highest BCUT2D eigenvalue weighted by Gasteiger charge is 2.20. The van der Waals surface area contributed by atoms with Crippen molar-refractivity contribution in [3.05, 3.63) is 59.7 Å². The topological polar surface area (TPSA) is 63.2 Å². The molecule has 2 aromatic rings. The number of ether oxygens (including phenoxy) is 5. The van der Waals surface area contributed by atoms with Gasteiger partial charge in [0.2, 0.25) is 0 Å². The Hall–Kier alpha value is -2.99. The maximum absolute atomic E-state index is 12.0. The predicted molar refractivity (Wildman–Crippen MR) is 121 cm³/mol. The maximum Gasteiger partial charge on any atom is 0.335 e. The molecule has 0 amide bonds. The van der Waals surface area contributed by atoms with Crippen molar-refractivity contribution in [1.29, 1.82) is 0 Å². The Bertz CT molecular complexity index is 835. The lowest BCUT2D eigenvalue weighted by molar-refractivity contribution is -0.156. The summed E-state index contributed by atoms with van der Waals surface area (Å²) in [5, 5.41) is 0. The van der Waals surface area contributed by atoms with Crippen molar-refractivity contribution in [2.75, 3.05) is 34.0 Å². The van der Waals surface area contributed by atoms with Crippen LogP contribution in [0.2, 0.25) is 0 Å². The summed E-state index contributed by atoms with van der Waals surface area (Å²) in [6, 6.07) is 13.4. The molecule has 2 rings (SSSR count). The predicted octanol–water partition coefficient (Wildman–Crippen LogP) is 4.70. The molecule has 0 spiro atoms. The van der Waals surface area contributed by atoms with Crippen LogP contribution in [-0.4, -0.2) is 46.1 Å². The molecule has 0 fully saturated rings. The van der Waals surface area contributed by atoms with E-state index in [1.54, 1.807) is 21.1 Å². The third-order valence-electron chi connectivity index (χ3n) is 4.71. The van der Waals surface area contributed by atoms with Gasteiger partial charge < -0.3 is 23.7 Å². The summed E-state index contributed by atoms with van der Waals surface area (Å²) in [5.74, 6) is 1.90. The van der Waals surface area contributed by atoms with E-state index in [1.165, 1.54) is 0 Å². The Morgan fingerprint density at radius 2 is 1.58 bits per heavy atom. The fourth-order valence-corrected chi connectivity index (χ4v) is 3.00. The average Bonchev–Trinajstić information content (AvgIpc) is 2.79. The third kappa shape index (κ3) is 7.64. The van der Waals surface area contributed by atoms with Crippen molar-refractivity contribution in [3.8, 4) is 17.2 Å². The van der Waals surface area contributed by atoms with Crippen LogP contribution in [0, 0.1) is 0 Å². The van der Waals surface area contributed by atoms with Crippen LogP contribution in [-0.2, 0) is 20.7 Å². The first-order valence-corrected chi connectivity index (χ1v) is 10.4. The van der Waals surface area contributed by atoms with E-state index in [9.17, 15) is 4.79 Å². The summed E-state index contributed by atoms with van der Waals surface area (Å²) in [5.41, 5.74) is 3.05. The van der Waals surface area contributed by atoms with E-state index in [1.807, 2.05) is 62.4 Å². The van der Waals surface area contributed by atoms with Crippen molar-refractivity contribution < 1.29 is 28.5 Å². The Kier molecular flexibility index (Phi) is 9.91. The summed E-state index contributed by atoms with van der Waals surface area (Å²) in [4.78, 5) is 12.0. The minimum Gasteiger partial charge on any atom is -0.497 e. The molecule has 0 N–H and O–H groups in total. The zero-order valence-corrected chi connectivity index (χ0v) is 19.0. The lowest BCUT2D eigenvalue weighted by Crippen LogP contribution is -2.28. The van der Waals surface area contributed by atoms with E-state index in [0.717, 1.165) is 33.9 Å². The summed E-state index contributed by atoms with van der Waals surface area (Å²) in [7, 11) is 3.27. The number of rotatable bonds is 12. The molecule has 0 aliphatic rings. The second-order valence-corrected chi connectivity index (χ2v) is 6.84. The third-order valence-corrected chi connectivity index (χ3v) is 4.71. The SMILES string of the molecule is CCOC(=O)[C@H](Cc1ccc(OC/C=C(/C)c2cc(OC)cc(OC)c2)cc1)OCC. The molecular formula is C25H32O6. The molecule has 0 aliphatic carbocycles. The van der Waals surface area contributed by atoms with Crippen molar-refractivity contribution in [2.24, 2.45) is 0 Å². The maximum atomic E-state index is 12.0. The Balaban J connectivity index is 1.96. The standard InChI is InChI=1S/C25H32O6/c1-6-29-24(25(26)30-7-2)14-19-8-10-21(11-9-19)31-13-12-18(3)20-15-22(27-4)17-23(16-20)28-5/h8-12,15-17,24H,6-7,13-14H2,1-5H3/b18-12-/t24-/m0/s1. The van der Waals surface area contributed by atoms with Crippen molar-refractivity contribution >= 4 is 11.5 Å². The molecule has 0 unspecified atom stereocenters. The smallest absolute Gasteiger partial charge is 0.335 e. The molecule has 0 aliphatic heterocycles.